The minimum Gasteiger partial charge on any atom is -0.247 e. The minimum absolute atomic E-state index is 0.199. The van der Waals surface area contributed by atoms with E-state index in [9.17, 15) is 9.90 Å². The van der Waals surface area contributed by atoms with Crippen molar-refractivity contribution in [3.63, 3.8) is 0 Å². The van der Waals surface area contributed by atoms with Crippen LogP contribution in [0.5, 0.6) is 0 Å². The quantitative estimate of drug-likeness (QED) is 0.593. The van der Waals surface area contributed by atoms with Gasteiger partial charge in [0, 0.05) is 0 Å². The van der Waals surface area contributed by atoms with Crippen molar-refractivity contribution in [2.75, 3.05) is 0 Å². The molecule has 1 radical (unpaired) electrons. The van der Waals surface area contributed by atoms with Gasteiger partial charge in [0.15, 0.2) is 0 Å². The van der Waals surface area contributed by atoms with Gasteiger partial charge in [-0.1, -0.05) is 27.2 Å². The van der Waals surface area contributed by atoms with E-state index in [-0.39, 0.29) is 11.8 Å². The molecule has 0 fully saturated rings. The van der Waals surface area contributed by atoms with Crippen molar-refractivity contribution in [2.45, 2.75) is 33.6 Å². The molecule has 0 bridgehead atoms. The van der Waals surface area contributed by atoms with Crippen LogP contribution in [0.25, 0.3) is 0 Å². The molecule has 59 valence electrons. The van der Waals surface area contributed by atoms with Crippen LogP contribution in [0.15, 0.2) is 0 Å². The molecular formula is C8H15O2. The largest absolute Gasteiger partial charge is 0.358 e. The summed E-state index contributed by atoms with van der Waals surface area (Å²) in [6, 6.07) is 0. The summed E-state index contributed by atoms with van der Waals surface area (Å²) in [5.74, 6) is -0.966. The van der Waals surface area contributed by atoms with E-state index >= 15 is 0 Å². The van der Waals surface area contributed by atoms with Gasteiger partial charge in [-0.2, -0.15) is 0 Å². The van der Waals surface area contributed by atoms with Crippen molar-refractivity contribution in [3.05, 3.63) is 0 Å². The molecule has 0 aliphatic rings. The van der Waals surface area contributed by atoms with Gasteiger partial charge < -0.3 is 0 Å². The zero-order valence-electron chi connectivity index (χ0n) is 6.89. The van der Waals surface area contributed by atoms with Crippen LogP contribution in [0.1, 0.15) is 33.6 Å². The van der Waals surface area contributed by atoms with Gasteiger partial charge in [0.25, 0.3) is 0 Å². The highest BCUT2D eigenvalue weighted by Gasteiger charge is 2.21. The van der Waals surface area contributed by atoms with Crippen molar-refractivity contribution in [3.8, 4) is 0 Å². The first-order valence-electron chi connectivity index (χ1n) is 3.80. The number of hydrogen-bond acceptors (Lipinski definition) is 1. The van der Waals surface area contributed by atoms with Crippen LogP contribution in [0, 0.1) is 11.8 Å². The first-order chi connectivity index (χ1) is 4.59. The highest BCUT2D eigenvalue weighted by Crippen LogP contribution is 2.16. The molecule has 0 saturated carbocycles. The molecule has 0 aliphatic carbocycles. The predicted molar refractivity (Wildman–Crippen MR) is 38.9 cm³/mol. The van der Waals surface area contributed by atoms with Crippen LogP contribution >= 0.6 is 0 Å². The van der Waals surface area contributed by atoms with Crippen LogP contribution in [0.2, 0.25) is 0 Å². The van der Waals surface area contributed by atoms with Gasteiger partial charge in [0.1, 0.15) is 0 Å². The van der Waals surface area contributed by atoms with E-state index in [1.807, 2.05) is 20.8 Å². The summed E-state index contributed by atoms with van der Waals surface area (Å²) in [6.45, 7) is 5.81. The molecular weight excluding hydrogens is 128 g/mol. The first kappa shape index (κ1) is 9.47. The van der Waals surface area contributed by atoms with Crippen molar-refractivity contribution in [1.82, 2.24) is 0 Å². The maximum atomic E-state index is 10.4. The molecule has 0 N–H and O–H groups in total. The van der Waals surface area contributed by atoms with Crippen LogP contribution in [-0.2, 0) is 9.90 Å². The van der Waals surface area contributed by atoms with Crippen molar-refractivity contribution < 1.29 is 9.90 Å². The minimum atomic E-state index is -0.906. The Hall–Kier alpha value is -0.530. The van der Waals surface area contributed by atoms with E-state index in [1.54, 1.807) is 0 Å². The van der Waals surface area contributed by atoms with Crippen LogP contribution in [-0.4, -0.2) is 5.97 Å². The molecule has 0 saturated heterocycles. The fourth-order valence-corrected chi connectivity index (χ4v) is 1.03. The van der Waals surface area contributed by atoms with E-state index in [2.05, 4.69) is 0 Å². The van der Waals surface area contributed by atoms with Gasteiger partial charge in [0.05, 0.1) is 5.92 Å². The molecule has 0 aliphatic heterocycles. The Balaban J connectivity index is 3.85. The standard InChI is InChI=1S/C8H15O2/c1-4-5-7(6(2)3)8(9)10/h6-7H,4-5H2,1-3H3. The topological polar surface area (TPSA) is 37.0 Å². The lowest BCUT2D eigenvalue weighted by atomic mass is 9.92. The lowest BCUT2D eigenvalue weighted by Gasteiger charge is -2.12. The molecule has 0 amide bonds. The highest BCUT2D eigenvalue weighted by atomic mass is 16.4. The predicted octanol–water partition coefficient (Wildman–Crippen LogP) is 2.02. The van der Waals surface area contributed by atoms with Crippen molar-refractivity contribution in [2.24, 2.45) is 11.8 Å². The summed E-state index contributed by atoms with van der Waals surface area (Å²) in [5, 5.41) is 10.4. The van der Waals surface area contributed by atoms with Crippen LogP contribution in [0.4, 0.5) is 0 Å². The summed E-state index contributed by atoms with van der Waals surface area (Å²) in [6.07, 6.45) is 1.65. The fourth-order valence-electron chi connectivity index (χ4n) is 1.03. The molecule has 2 heteroatoms. The van der Waals surface area contributed by atoms with Gasteiger partial charge in [-0.15, -0.1) is 0 Å². The summed E-state index contributed by atoms with van der Waals surface area (Å²) >= 11 is 0. The monoisotopic (exact) mass is 143 g/mol. The Kier molecular flexibility index (Phi) is 4.08. The summed E-state index contributed by atoms with van der Waals surface area (Å²) in [5.41, 5.74) is 0. The van der Waals surface area contributed by atoms with Crippen LogP contribution in [0.3, 0.4) is 0 Å². The van der Waals surface area contributed by atoms with E-state index in [4.69, 9.17) is 0 Å². The van der Waals surface area contributed by atoms with Gasteiger partial charge >= 0.3 is 5.97 Å². The summed E-state index contributed by atoms with van der Waals surface area (Å²) in [4.78, 5) is 10.4. The van der Waals surface area contributed by atoms with Crippen molar-refractivity contribution in [1.29, 1.82) is 0 Å². The molecule has 0 aromatic carbocycles. The maximum Gasteiger partial charge on any atom is 0.358 e. The van der Waals surface area contributed by atoms with E-state index in [1.165, 1.54) is 0 Å². The fraction of sp³-hybridized carbons (Fsp3) is 0.875. The molecule has 1 atom stereocenters. The Bertz CT molecular complexity index is 108. The molecule has 1 unspecified atom stereocenters. The number of rotatable bonds is 4. The Morgan fingerprint density at radius 3 is 2.00 bits per heavy atom. The molecule has 0 aromatic rings. The second-order valence-electron chi connectivity index (χ2n) is 2.96. The SMILES string of the molecule is CCCC(C([O])=O)C(C)C. The molecule has 0 heterocycles. The van der Waals surface area contributed by atoms with Crippen LogP contribution < -0.4 is 0 Å². The van der Waals surface area contributed by atoms with Gasteiger partial charge in [-0.3, -0.25) is 0 Å². The zero-order chi connectivity index (χ0) is 8.15. The molecule has 0 aromatic heterocycles. The normalized spacial score (nSPS) is 13.6. The molecule has 2 nitrogen and oxygen atoms in total. The lowest BCUT2D eigenvalue weighted by molar-refractivity contribution is -0.149. The smallest absolute Gasteiger partial charge is 0.247 e. The van der Waals surface area contributed by atoms with E-state index in [0.29, 0.717) is 0 Å². The summed E-state index contributed by atoms with van der Waals surface area (Å²) in [7, 11) is 0. The average molecular weight is 143 g/mol. The molecule has 10 heavy (non-hydrogen) atoms. The third-order valence-corrected chi connectivity index (χ3v) is 1.71. The van der Waals surface area contributed by atoms with Gasteiger partial charge in [0.2, 0.25) is 0 Å². The highest BCUT2D eigenvalue weighted by molar-refractivity contribution is 5.69. The van der Waals surface area contributed by atoms with E-state index in [0.717, 1.165) is 12.8 Å². The summed E-state index contributed by atoms with van der Waals surface area (Å²) < 4.78 is 0. The first-order valence-corrected chi connectivity index (χ1v) is 3.80. The van der Waals surface area contributed by atoms with Gasteiger partial charge in [-0.25, -0.2) is 9.90 Å². The average Bonchev–Trinajstić information content (AvgIpc) is 1.81. The second-order valence-corrected chi connectivity index (χ2v) is 2.96. The Labute approximate surface area is 62.2 Å². The second kappa shape index (κ2) is 4.31. The number of carbonyl (C=O) groups excluding carboxylic acids is 1. The lowest BCUT2D eigenvalue weighted by Crippen LogP contribution is -2.18. The molecule has 0 rings (SSSR count). The third-order valence-electron chi connectivity index (χ3n) is 1.71. The Morgan fingerprint density at radius 2 is 1.90 bits per heavy atom. The zero-order valence-corrected chi connectivity index (χ0v) is 6.89. The van der Waals surface area contributed by atoms with E-state index < -0.39 is 5.97 Å². The molecule has 0 spiro atoms. The number of hydrogen-bond donors (Lipinski definition) is 0. The number of carbonyl (C=O) groups is 1. The Morgan fingerprint density at radius 1 is 1.40 bits per heavy atom. The maximum absolute atomic E-state index is 10.4. The van der Waals surface area contributed by atoms with Crippen molar-refractivity contribution >= 4 is 5.97 Å². The van der Waals surface area contributed by atoms with Gasteiger partial charge in [-0.05, 0) is 12.3 Å². The third kappa shape index (κ3) is 2.85.